The predicted octanol–water partition coefficient (Wildman–Crippen LogP) is 1.22. The number of carbonyl (C=O) groups is 3. The Balaban J connectivity index is 2.08. The van der Waals surface area contributed by atoms with E-state index in [-0.39, 0.29) is 0 Å². The van der Waals surface area contributed by atoms with Gasteiger partial charge in [0.2, 0.25) is 0 Å². The van der Waals surface area contributed by atoms with E-state index in [1.165, 1.54) is 6.92 Å². The maximum Gasteiger partial charge on any atom is 0.338 e. The third-order valence-electron chi connectivity index (χ3n) is 2.88. The summed E-state index contributed by atoms with van der Waals surface area (Å²) >= 11 is 0. The molecule has 1 aromatic carbocycles. The maximum absolute atomic E-state index is 12.0. The van der Waals surface area contributed by atoms with E-state index in [1.54, 1.807) is 18.2 Å². The Bertz CT molecular complexity index is 695. The summed E-state index contributed by atoms with van der Waals surface area (Å²) in [6.45, 7) is 1.35. The molecule has 1 heterocycles. The van der Waals surface area contributed by atoms with Crippen LogP contribution in [0.3, 0.4) is 0 Å². The number of nitrogens with two attached hydrogens (primary N) is 1. The molecule has 1 aromatic heterocycles. The lowest BCUT2D eigenvalue weighted by molar-refractivity contribution is -0.127. The second kappa shape index (κ2) is 6.57. The number of esters is 1. The first kappa shape index (κ1) is 15.3. The van der Waals surface area contributed by atoms with Crippen LogP contribution in [0, 0.1) is 0 Å². The number of nitrogens with zero attached hydrogens (tertiary/aromatic N) is 1. The summed E-state index contributed by atoms with van der Waals surface area (Å²) in [6, 6.07) is 9.49. The Labute approximate surface area is 126 Å². The van der Waals surface area contributed by atoms with Crippen molar-refractivity contribution in [3.63, 3.8) is 0 Å². The van der Waals surface area contributed by atoms with Crippen molar-refractivity contribution in [2.24, 2.45) is 5.73 Å². The second-order valence-corrected chi connectivity index (χ2v) is 4.54. The molecule has 3 N–H and O–H groups in total. The Hall–Kier alpha value is -3.09. The van der Waals surface area contributed by atoms with Gasteiger partial charge in [-0.3, -0.25) is 10.1 Å². The van der Waals surface area contributed by atoms with E-state index in [0.717, 1.165) is 5.69 Å². The molecule has 0 fully saturated rings. The molecule has 0 bridgehead atoms. The lowest BCUT2D eigenvalue weighted by Gasteiger charge is -2.12. The first-order chi connectivity index (χ1) is 10.5. The van der Waals surface area contributed by atoms with E-state index in [9.17, 15) is 14.4 Å². The molecular formula is C15H15N3O4. The molecule has 0 aliphatic rings. The molecule has 1 atom stereocenters. The van der Waals surface area contributed by atoms with E-state index in [1.807, 2.05) is 40.5 Å². The van der Waals surface area contributed by atoms with Crippen LogP contribution < -0.4 is 11.1 Å². The quantitative estimate of drug-likeness (QED) is 0.828. The van der Waals surface area contributed by atoms with Crippen molar-refractivity contribution in [2.75, 3.05) is 0 Å². The first-order valence-corrected chi connectivity index (χ1v) is 6.52. The van der Waals surface area contributed by atoms with Gasteiger partial charge in [-0.25, -0.2) is 9.59 Å². The normalized spacial score (nSPS) is 11.5. The van der Waals surface area contributed by atoms with Crippen LogP contribution in [0.15, 0.2) is 48.8 Å². The van der Waals surface area contributed by atoms with Gasteiger partial charge < -0.3 is 15.0 Å². The zero-order chi connectivity index (χ0) is 16.1. The number of imide groups is 1. The number of ether oxygens (including phenoxy) is 1. The topological polar surface area (TPSA) is 103 Å². The average Bonchev–Trinajstić information content (AvgIpc) is 3.00. The minimum atomic E-state index is -1.13. The highest BCUT2D eigenvalue weighted by atomic mass is 16.5. The number of primary amides is 1. The zero-order valence-corrected chi connectivity index (χ0v) is 11.9. The monoisotopic (exact) mass is 301 g/mol. The van der Waals surface area contributed by atoms with E-state index < -0.39 is 24.0 Å². The molecule has 2 aromatic rings. The number of hydrogen-bond acceptors (Lipinski definition) is 4. The number of aromatic nitrogens is 1. The van der Waals surface area contributed by atoms with Gasteiger partial charge in [0.05, 0.1) is 5.56 Å². The number of nitrogens with one attached hydrogen (secondary N) is 1. The molecule has 114 valence electrons. The first-order valence-electron chi connectivity index (χ1n) is 6.52. The summed E-state index contributed by atoms with van der Waals surface area (Å²) in [7, 11) is 0. The Morgan fingerprint density at radius 3 is 2.50 bits per heavy atom. The number of rotatable bonds is 4. The van der Waals surface area contributed by atoms with Crippen LogP contribution in [-0.2, 0) is 9.53 Å². The molecule has 3 amide bonds. The van der Waals surface area contributed by atoms with Crippen molar-refractivity contribution < 1.29 is 19.1 Å². The number of amides is 3. The van der Waals surface area contributed by atoms with Crippen LogP contribution in [-0.4, -0.2) is 28.6 Å². The molecule has 0 saturated heterocycles. The summed E-state index contributed by atoms with van der Waals surface area (Å²) in [6.07, 6.45) is 2.55. The van der Waals surface area contributed by atoms with Gasteiger partial charge in [0.25, 0.3) is 5.91 Å². The lowest BCUT2D eigenvalue weighted by atomic mass is 10.2. The maximum atomic E-state index is 12.0. The molecule has 0 aliphatic carbocycles. The number of carbonyl (C=O) groups excluding carboxylic acids is 3. The smallest absolute Gasteiger partial charge is 0.338 e. The van der Waals surface area contributed by atoms with E-state index in [0.29, 0.717) is 5.56 Å². The summed E-state index contributed by atoms with van der Waals surface area (Å²) in [5.41, 5.74) is 5.92. The van der Waals surface area contributed by atoms with Gasteiger partial charge in [-0.15, -0.1) is 0 Å². The minimum Gasteiger partial charge on any atom is -0.449 e. The van der Waals surface area contributed by atoms with Crippen LogP contribution >= 0.6 is 0 Å². The average molecular weight is 301 g/mol. The number of urea groups is 1. The second-order valence-electron chi connectivity index (χ2n) is 4.54. The van der Waals surface area contributed by atoms with Gasteiger partial charge in [0.1, 0.15) is 0 Å². The fourth-order valence-corrected chi connectivity index (χ4v) is 1.81. The van der Waals surface area contributed by atoms with Crippen molar-refractivity contribution in [1.29, 1.82) is 0 Å². The minimum absolute atomic E-state index is 0.296. The van der Waals surface area contributed by atoms with Gasteiger partial charge in [-0.2, -0.15) is 0 Å². The van der Waals surface area contributed by atoms with Crippen molar-refractivity contribution in [2.45, 2.75) is 13.0 Å². The van der Waals surface area contributed by atoms with Gasteiger partial charge in [-0.1, -0.05) is 6.07 Å². The molecule has 0 spiro atoms. The third kappa shape index (κ3) is 3.72. The van der Waals surface area contributed by atoms with Crippen LogP contribution in [0.1, 0.15) is 17.3 Å². The van der Waals surface area contributed by atoms with Crippen LogP contribution in [0.2, 0.25) is 0 Å². The van der Waals surface area contributed by atoms with Gasteiger partial charge in [0.15, 0.2) is 6.10 Å². The van der Waals surface area contributed by atoms with Crippen molar-refractivity contribution in [1.82, 2.24) is 9.88 Å². The van der Waals surface area contributed by atoms with Crippen LogP contribution in [0.25, 0.3) is 5.69 Å². The highest BCUT2D eigenvalue weighted by Gasteiger charge is 2.20. The molecule has 0 unspecified atom stereocenters. The van der Waals surface area contributed by atoms with Gasteiger partial charge in [0, 0.05) is 18.1 Å². The summed E-state index contributed by atoms with van der Waals surface area (Å²) in [5, 5.41) is 1.85. The van der Waals surface area contributed by atoms with Gasteiger partial charge in [-0.05, 0) is 37.3 Å². The van der Waals surface area contributed by atoms with Crippen molar-refractivity contribution in [3.05, 3.63) is 54.4 Å². The van der Waals surface area contributed by atoms with Crippen LogP contribution in [0.5, 0.6) is 0 Å². The molecule has 7 heteroatoms. The zero-order valence-electron chi connectivity index (χ0n) is 11.9. The van der Waals surface area contributed by atoms with E-state index >= 15 is 0 Å². The molecule has 0 radical (unpaired) electrons. The number of benzene rings is 1. The molecule has 2 rings (SSSR count). The van der Waals surface area contributed by atoms with E-state index in [4.69, 9.17) is 10.5 Å². The van der Waals surface area contributed by atoms with Gasteiger partial charge >= 0.3 is 12.0 Å². The highest BCUT2D eigenvalue weighted by Crippen LogP contribution is 2.12. The molecular weight excluding hydrogens is 286 g/mol. The predicted molar refractivity (Wildman–Crippen MR) is 78.4 cm³/mol. The summed E-state index contributed by atoms with van der Waals surface area (Å²) < 4.78 is 6.84. The Kier molecular flexibility index (Phi) is 4.57. The van der Waals surface area contributed by atoms with Crippen molar-refractivity contribution >= 4 is 17.9 Å². The fraction of sp³-hybridized carbons (Fsp3) is 0.133. The SMILES string of the molecule is C[C@H](OC(=O)c1cccc(-n2cccc2)c1)C(=O)NC(N)=O. The Morgan fingerprint density at radius 2 is 1.86 bits per heavy atom. The molecule has 22 heavy (non-hydrogen) atoms. The number of hydrogen-bond donors (Lipinski definition) is 2. The summed E-state index contributed by atoms with van der Waals surface area (Å²) in [5.74, 6) is -1.44. The highest BCUT2D eigenvalue weighted by molar-refractivity contribution is 5.98. The third-order valence-corrected chi connectivity index (χ3v) is 2.88. The summed E-state index contributed by atoms with van der Waals surface area (Å²) in [4.78, 5) is 34.1. The molecule has 0 aliphatic heterocycles. The Morgan fingerprint density at radius 1 is 1.18 bits per heavy atom. The van der Waals surface area contributed by atoms with Crippen molar-refractivity contribution in [3.8, 4) is 5.69 Å². The fourth-order valence-electron chi connectivity index (χ4n) is 1.81. The largest absolute Gasteiger partial charge is 0.449 e. The van der Waals surface area contributed by atoms with E-state index in [2.05, 4.69) is 0 Å². The standard InChI is InChI=1S/C15H15N3O4/c1-10(13(19)17-15(16)21)22-14(20)11-5-4-6-12(9-11)18-7-2-3-8-18/h2-10H,1H3,(H3,16,17,19,21)/t10-/m0/s1. The van der Waals surface area contributed by atoms with Crippen LogP contribution in [0.4, 0.5) is 4.79 Å². The molecule has 7 nitrogen and oxygen atoms in total. The lowest BCUT2D eigenvalue weighted by Crippen LogP contribution is -2.42. The molecule has 0 saturated carbocycles.